The number of imidazole rings is 1. The number of ether oxygens (including phenoxy) is 1. The van der Waals surface area contributed by atoms with Gasteiger partial charge in [0.15, 0.2) is 6.10 Å². The number of carbonyl (C=O) groups is 1. The zero-order valence-electron chi connectivity index (χ0n) is 18.0. The number of alkyl halides is 3. The van der Waals surface area contributed by atoms with Crippen molar-refractivity contribution in [2.45, 2.75) is 38.7 Å². The number of halogens is 6. The van der Waals surface area contributed by atoms with Gasteiger partial charge >= 0.3 is 6.18 Å². The lowest BCUT2D eigenvalue weighted by Crippen LogP contribution is -2.32. The average molecular weight is 504 g/mol. The molecule has 0 fully saturated rings. The molecule has 3 aromatic rings. The molecule has 0 aliphatic carbocycles. The maximum absolute atomic E-state index is 15.0. The molecule has 0 spiro atoms. The molecule has 1 amide bonds. The summed E-state index contributed by atoms with van der Waals surface area (Å²) < 4.78 is 73.5. The molecule has 1 aromatic heterocycles. The summed E-state index contributed by atoms with van der Waals surface area (Å²) in [7, 11) is 0. The van der Waals surface area contributed by atoms with Crippen LogP contribution in [0.2, 0.25) is 5.02 Å². The van der Waals surface area contributed by atoms with Crippen molar-refractivity contribution in [1.82, 2.24) is 9.97 Å². The molecule has 12 heteroatoms. The first kappa shape index (κ1) is 25.4. The van der Waals surface area contributed by atoms with E-state index in [1.807, 2.05) is 0 Å². The zero-order valence-corrected chi connectivity index (χ0v) is 18.8. The van der Waals surface area contributed by atoms with Crippen molar-refractivity contribution in [3.05, 3.63) is 64.6 Å². The van der Waals surface area contributed by atoms with E-state index < -0.39 is 52.4 Å². The third-order valence-corrected chi connectivity index (χ3v) is 5.04. The number of rotatable bonds is 6. The highest BCUT2D eigenvalue weighted by molar-refractivity contribution is 6.34. The van der Waals surface area contributed by atoms with Crippen LogP contribution in [0.25, 0.3) is 11.3 Å². The lowest BCUT2D eigenvalue weighted by atomic mass is 10.1. The third kappa shape index (κ3) is 5.48. The van der Waals surface area contributed by atoms with Gasteiger partial charge in [-0.2, -0.15) is 13.2 Å². The fourth-order valence-electron chi connectivity index (χ4n) is 2.86. The van der Waals surface area contributed by atoms with Crippen LogP contribution in [0.4, 0.5) is 27.6 Å². The van der Waals surface area contributed by atoms with E-state index >= 15 is 0 Å². The number of H-pyrrole nitrogens is 1. The number of benzene rings is 2. The topological polar surface area (TPSA) is 87.2 Å². The maximum atomic E-state index is 15.0. The van der Waals surface area contributed by atoms with Crippen molar-refractivity contribution in [1.29, 1.82) is 0 Å². The highest BCUT2D eigenvalue weighted by Crippen LogP contribution is 2.35. The number of aromatic amines is 1. The molecule has 0 aliphatic heterocycles. The Morgan fingerprint density at radius 3 is 2.44 bits per heavy atom. The summed E-state index contributed by atoms with van der Waals surface area (Å²) in [5, 5.41) is 12.0. The minimum Gasteiger partial charge on any atom is -0.480 e. The van der Waals surface area contributed by atoms with E-state index in [2.05, 4.69) is 15.3 Å². The molecule has 0 aliphatic rings. The Hall–Kier alpha value is -3.18. The first-order chi connectivity index (χ1) is 15.7. The smallest absolute Gasteiger partial charge is 0.425 e. The van der Waals surface area contributed by atoms with E-state index in [4.69, 9.17) is 16.3 Å². The standard InChI is InChI=1S/C22H19ClF5N3O3/c1-10(22(26,27)28)34-17-8-11(16-9-29-20(30-16)21(2,3)33)15(25)7-12(17)19(32)31-18-13(23)5-4-6-14(18)24/h4-10,33H,1-3H3,(H,29,30)(H,31,32). The van der Waals surface area contributed by atoms with E-state index in [0.717, 1.165) is 12.1 Å². The second-order valence-corrected chi connectivity index (χ2v) is 8.29. The average Bonchev–Trinajstić information content (AvgIpc) is 3.21. The van der Waals surface area contributed by atoms with Gasteiger partial charge in [0.25, 0.3) is 5.91 Å². The SMILES string of the molecule is CC(Oc1cc(-c2cnc(C(C)(C)O)[nH]2)c(F)cc1C(=O)Nc1c(F)cccc1Cl)C(F)(F)F. The molecular formula is C22H19ClF5N3O3. The second kappa shape index (κ2) is 9.22. The summed E-state index contributed by atoms with van der Waals surface area (Å²) in [6, 6.07) is 5.12. The van der Waals surface area contributed by atoms with Gasteiger partial charge in [-0.15, -0.1) is 0 Å². The number of hydrogen-bond acceptors (Lipinski definition) is 4. The molecule has 1 unspecified atom stereocenters. The van der Waals surface area contributed by atoms with Crippen molar-refractivity contribution < 1.29 is 36.6 Å². The van der Waals surface area contributed by atoms with Crippen LogP contribution >= 0.6 is 11.6 Å². The van der Waals surface area contributed by atoms with Crippen molar-refractivity contribution >= 4 is 23.2 Å². The quantitative estimate of drug-likeness (QED) is 0.370. The number of nitrogens with one attached hydrogen (secondary N) is 2. The lowest BCUT2D eigenvalue weighted by Gasteiger charge is -2.20. The largest absolute Gasteiger partial charge is 0.480 e. The molecule has 34 heavy (non-hydrogen) atoms. The Kier molecular flexibility index (Phi) is 6.90. The highest BCUT2D eigenvalue weighted by atomic mass is 35.5. The van der Waals surface area contributed by atoms with Gasteiger partial charge in [0.1, 0.15) is 28.8 Å². The number of anilines is 1. The Labute approximate surface area is 195 Å². The highest BCUT2D eigenvalue weighted by Gasteiger charge is 2.39. The number of hydrogen-bond donors (Lipinski definition) is 3. The molecule has 0 saturated heterocycles. The van der Waals surface area contributed by atoms with Gasteiger partial charge in [-0.1, -0.05) is 17.7 Å². The van der Waals surface area contributed by atoms with E-state index in [-0.39, 0.29) is 22.1 Å². The lowest BCUT2D eigenvalue weighted by molar-refractivity contribution is -0.189. The zero-order chi connectivity index (χ0) is 25.4. The first-order valence-corrected chi connectivity index (χ1v) is 10.2. The Bertz CT molecular complexity index is 1200. The second-order valence-electron chi connectivity index (χ2n) is 7.89. The molecule has 182 valence electrons. The molecule has 0 bridgehead atoms. The molecular weight excluding hydrogens is 485 g/mol. The van der Waals surface area contributed by atoms with Gasteiger partial charge in [0.05, 0.1) is 28.2 Å². The van der Waals surface area contributed by atoms with Gasteiger partial charge in [-0.25, -0.2) is 13.8 Å². The van der Waals surface area contributed by atoms with Crippen molar-refractivity contribution in [3.63, 3.8) is 0 Å². The van der Waals surface area contributed by atoms with Crippen LogP contribution in [0.1, 0.15) is 37.0 Å². The summed E-state index contributed by atoms with van der Waals surface area (Å²) >= 11 is 5.88. The van der Waals surface area contributed by atoms with Crippen LogP contribution in [-0.2, 0) is 5.60 Å². The number of amides is 1. The predicted octanol–water partition coefficient (Wildman–Crippen LogP) is 5.82. The van der Waals surface area contributed by atoms with Crippen LogP contribution in [-0.4, -0.2) is 33.3 Å². The summed E-state index contributed by atoms with van der Waals surface area (Å²) in [6.45, 7) is 3.56. The Morgan fingerprint density at radius 1 is 1.21 bits per heavy atom. The molecule has 6 nitrogen and oxygen atoms in total. The van der Waals surface area contributed by atoms with Gasteiger partial charge < -0.3 is 20.1 Å². The van der Waals surface area contributed by atoms with Crippen LogP contribution in [0, 0.1) is 11.6 Å². The molecule has 1 atom stereocenters. The van der Waals surface area contributed by atoms with E-state index in [0.29, 0.717) is 13.0 Å². The van der Waals surface area contributed by atoms with Crippen molar-refractivity contribution in [2.75, 3.05) is 5.32 Å². The summed E-state index contributed by atoms with van der Waals surface area (Å²) in [4.78, 5) is 19.4. The van der Waals surface area contributed by atoms with Crippen molar-refractivity contribution in [2.24, 2.45) is 0 Å². The first-order valence-electron chi connectivity index (χ1n) is 9.79. The Balaban J connectivity index is 2.08. The third-order valence-electron chi connectivity index (χ3n) is 4.73. The van der Waals surface area contributed by atoms with Crippen LogP contribution < -0.4 is 10.1 Å². The molecule has 3 rings (SSSR count). The van der Waals surface area contributed by atoms with Gasteiger partial charge in [0.2, 0.25) is 0 Å². The minimum absolute atomic E-state index is 0.0169. The number of nitrogens with zero attached hydrogens (tertiary/aromatic N) is 1. The monoisotopic (exact) mass is 503 g/mol. The number of carbonyl (C=O) groups excluding carboxylic acids is 1. The molecule has 2 aromatic carbocycles. The molecule has 3 N–H and O–H groups in total. The van der Waals surface area contributed by atoms with Crippen molar-refractivity contribution in [3.8, 4) is 17.0 Å². The van der Waals surface area contributed by atoms with E-state index in [1.54, 1.807) is 0 Å². The van der Waals surface area contributed by atoms with E-state index in [1.165, 1.54) is 32.2 Å². The molecule has 1 heterocycles. The molecule has 0 radical (unpaired) electrons. The van der Waals surface area contributed by atoms with Crippen LogP contribution in [0.3, 0.4) is 0 Å². The number of para-hydroxylation sites is 1. The summed E-state index contributed by atoms with van der Waals surface area (Å²) in [6.07, 6.45) is -5.98. The maximum Gasteiger partial charge on any atom is 0.425 e. The van der Waals surface area contributed by atoms with Gasteiger partial charge in [0, 0.05) is 5.56 Å². The fourth-order valence-corrected chi connectivity index (χ4v) is 3.07. The van der Waals surface area contributed by atoms with Crippen LogP contribution in [0.5, 0.6) is 5.75 Å². The number of aliphatic hydroxyl groups is 1. The van der Waals surface area contributed by atoms with Gasteiger partial charge in [-0.3, -0.25) is 4.79 Å². The summed E-state index contributed by atoms with van der Waals surface area (Å²) in [5.74, 6) is -3.61. The minimum atomic E-state index is -4.79. The van der Waals surface area contributed by atoms with E-state index in [9.17, 15) is 31.9 Å². The van der Waals surface area contributed by atoms with Gasteiger partial charge in [-0.05, 0) is 45.0 Å². The molecule has 0 saturated carbocycles. The van der Waals surface area contributed by atoms with Crippen LogP contribution in [0.15, 0.2) is 36.5 Å². The predicted molar refractivity (Wildman–Crippen MR) is 115 cm³/mol. The Morgan fingerprint density at radius 2 is 1.88 bits per heavy atom. The summed E-state index contributed by atoms with van der Waals surface area (Å²) in [5.41, 5.74) is -2.72. The fraction of sp³-hybridized carbons (Fsp3) is 0.273. The number of aromatic nitrogens is 2. The normalized spacial score (nSPS) is 13.0.